The second kappa shape index (κ2) is 7.70. The third-order valence-electron chi connectivity index (χ3n) is 4.97. The molecule has 2 amide bonds. The SMILES string of the molecule is CC(NC(=O)NCC1(C(=O)O)CCOCC1)c1cccc2cccnc12. The summed E-state index contributed by atoms with van der Waals surface area (Å²) in [6, 6.07) is 9.02. The topological polar surface area (TPSA) is 101 Å². The van der Waals surface area contributed by atoms with E-state index in [1.54, 1.807) is 6.20 Å². The molecule has 2 heterocycles. The number of carboxylic acid groups (broad SMARTS) is 1. The molecule has 0 aliphatic carbocycles. The smallest absolute Gasteiger partial charge is 0.315 e. The standard InChI is InChI=1S/C19H23N3O4/c1-13(15-6-2-4-14-5-3-9-20-16(14)15)22-18(25)21-12-19(17(23)24)7-10-26-11-8-19/h2-6,9,13H,7-8,10-12H2,1H3,(H,23,24)(H2,21,22,25). The Morgan fingerprint density at radius 1 is 1.27 bits per heavy atom. The van der Waals surface area contributed by atoms with Crippen LogP contribution in [0.25, 0.3) is 10.9 Å². The predicted octanol–water partition coefficient (Wildman–Crippen LogP) is 2.48. The molecule has 2 aromatic rings. The molecule has 0 radical (unpaired) electrons. The first kappa shape index (κ1) is 18.1. The zero-order valence-corrected chi connectivity index (χ0v) is 14.7. The van der Waals surface area contributed by atoms with E-state index in [1.165, 1.54) is 0 Å². The zero-order valence-electron chi connectivity index (χ0n) is 14.7. The molecule has 0 bridgehead atoms. The van der Waals surface area contributed by atoms with Crippen LogP contribution in [-0.2, 0) is 9.53 Å². The van der Waals surface area contributed by atoms with Crippen LogP contribution in [0.15, 0.2) is 36.5 Å². The lowest BCUT2D eigenvalue weighted by molar-refractivity contribution is -0.154. The number of pyridine rings is 1. The fourth-order valence-electron chi connectivity index (χ4n) is 3.28. The van der Waals surface area contributed by atoms with Gasteiger partial charge in [-0.25, -0.2) is 4.79 Å². The Bertz CT molecular complexity index is 797. The van der Waals surface area contributed by atoms with Gasteiger partial charge in [0.1, 0.15) is 0 Å². The number of benzene rings is 1. The van der Waals surface area contributed by atoms with Crippen molar-refractivity contribution in [3.8, 4) is 0 Å². The molecule has 1 saturated heterocycles. The van der Waals surface area contributed by atoms with Gasteiger partial charge in [-0.2, -0.15) is 0 Å². The van der Waals surface area contributed by atoms with Crippen LogP contribution in [0.2, 0.25) is 0 Å². The number of fused-ring (bicyclic) bond motifs is 1. The van der Waals surface area contributed by atoms with Crippen molar-refractivity contribution in [2.75, 3.05) is 19.8 Å². The van der Waals surface area contributed by atoms with Gasteiger partial charge in [-0.1, -0.05) is 24.3 Å². The number of amides is 2. The monoisotopic (exact) mass is 357 g/mol. The first-order valence-corrected chi connectivity index (χ1v) is 8.71. The summed E-state index contributed by atoms with van der Waals surface area (Å²) in [6.07, 6.45) is 2.51. The molecule has 1 aliphatic heterocycles. The quantitative estimate of drug-likeness (QED) is 0.763. The van der Waals surface area contributed by atoms with Gasteiger partial charge in [0.15, 0.2) is 0 Å². The molecule has 1 fully saturated rings. The van der Waals surface area contributed by atoms with Crippen molar-refractivity contribution in [2.45, 2.75) is 25.8 Å². The van der Waals surface area contributed by atoms with Crippen molar-refractivity contribution < 1.29 is 19.4 Å². The van der Waals surface area contributed by atoms with E-state index in [9.17, 15) is 14.7 Å². The highest BCUT2D eigenvalue weighted by atomic mass is 16.5. The summed E-state index contributed by atoms with van der Waals surface area (Å²) < 4.78 is 5.25. The molecule has 3 rings (SSSR count). The van der Waals surface area contributed by atoms with Crippen molar-refractivity contribution in [3.63, 3.8) is 0 Å². The van der Waals surface area contributed by atoms with Gasteiger partial charge >= 0.3 is 12.0 Å². The maximum atomic E-state index is 12.3. The molecule has 1 atom stereocenters. The van der Waals surface area contributed by atoms with Crippen LogP contribution < -0.4 is 10.6 Å². The zero-order chi connectivity index (χ0) is 18.6. The van der Waals surface area contributed by atoms with E-state index >= 15 is 0 Å². The molecule has 0 saturated carbocycles. The number of carbonyl (C=O) groups excluding carboxylic acids is 1. The number of rotatable bonds is 5. The first-order valence-electron chi connectivity index (χ1n) is 8.71. The average Bonchev–Trinajstić information content (AvgIpc) is 2.66. The number of aromatic nitrogens is 1. The van der Waals surface area contributed by atoms with Crippen LogP contribution in [0, 0.1) is 5.41 Å². The second-order valence-electron chi connectivity index (χ2n) is 6.67. The molecular weight excluding hydrogens is 334 g/mol. The Morgan fingerprint density at radius 3 is 2.73 bits per heavy atom. The minimum absolute atomic E-state index is 0.0814. The molecule has 1 unspecified atom stereocenters. The molecular formula is C19H23N3O4. The van der Waals surface area contributed by atoms with E-state index in [1.807, 2.05) is 37.3 Å². The summed E-state index contributed by atoms with van der Waals surface area (Å²) in [5.41, 5.74) is 0.798. The highest BCUT2D eigenvalue weighted by Crippen LogP contribution is 2.30. The van der Waals surface area contributed by atoms with E-state index in [0.29, 0.717) is 26.1 Å². The fraction of sp³-hybridized carbons (Fsp3) is 0.421. The van der Waals surface area contributed by atoms with Crippen molar-refractivity contribution in [3.05, 3.63) is 42.1 Å². The van der Waals surface area contributed by atoms with Gasteiger partial charge in [-0.3, -0.25) is 9.78 Å². The highest BCUT2D eigenvalue weighted by molar-refractivity contribution is 5.83. The third kappa shape index (κ3) is 3.77. The minimum atomic E-state index is -0.959. The van der Waals surface area contributed by atoms with E-state index in [0.717, 1.165) is 16.5 Å². The second-order valence-corrected chi connectivity index (χ2v) is 6.67. The predicted molar refractivity (Wildman–Crippen MR) is 96.8 cm³/mol. The summed E-state index contributed by atoms with van der Waals surface area (Å²) in [5, 5.41) is 16.1. The number of nitrogens with zero attached hydrogens (tertiary/aromatic N) is 1. The highest BCUT2D eigenvalue weighted by Gasteiger charge is 2.40. The number of hydrogen-bond acceptors (Lipinski definition) is 4. The summed E-state index contributed by atoms with van der Waals surface area (Å²) in [7, 11) is 0. The maximum Gasteiger partial charge on any atom is 0.315 e. The first-order chi connectivity index (χ1) is 12.5. The molecule has 7 nitrogen and oxygen atoms in total. The number of carbonyl (C=O) groups is 2. The molecule has 1 aromatic heterocycles. The Balaban J connectivity index is 1.65. The molecule has 7 heteroatoms. The number of carboxylic acids is 1. The van der Waals surface area contributed by atoms with E-state index in [-0.39, 0.29) is 12.6 Å². The Labute approximate surface area is 151 Å². The van der Waals surface area contributed by atoms with Crippen LogP contribution in [0.4, 0.5) is 4.79 Å². The summed E-state index contributed by atoms with van der Waals surface area (Å²) in [5.74, 6) is -0.896. The van der Waals surface area contributed by atoms with Gasteiger partial charge in [0.25, 0.3) is 0 Å². The van der Waals surface area contributed by atoms with Crippen molar-refractivity contribution >= 4 is 22.9 Å². The lowest BCUT2D eigenvalue weighted by Crippen LogP contribution is -2.49. The Hall–Kier alpha value is -2.67. The van der Waals surface area contributed by atoms with Crippen LogP contribution in [0.3, 0.4) is 0 Å². The molecule has 26 heavy (non-hydrogen) atoms. The average molecular weight is 357 g/mol. The lowest BCUT2D eigenvalue weighted by Gasteiger charge is -2.33. The molecule has 1 aromatic carbocycles. The fourth-order valence-corrected chi connectivity index (χ4v) is 3.28. The van der Waals surface area contributed by atoms with Gasteiger partial charge in [0.05, 0.1) is 17.0 Å². The van der Waals surface area contributed by atoms with E-state index < -0.39 is 17.4 Å². The van der Waals surface area contributed by atoms with Crippen LogP contribution in [0.5, 0.6) is 0 Å². The summed E-state index contributed by atoms with van der Waals surface area (Å²) >= 11 is 0. The molecule has 138 valence electrons. The lowest BCUT2D eigenvalue weighted by atomic mass is 9.80. The van der Waals surface area contributed by atoms with Crippen molar-refractivity contribution in [2.24, 2.45) is 5.41 Å². The van der Waals surface area contributed by atoms with Crippen LogP contribution >= 0.6 is 0 Å². The number of aliphatic carboxylic acids is 1. The number of urea groups is 1. The van der Waals surface area contributed by atoms with Gasteiger partial charge in [0.2, 0.25) is 0 Å². The minimum Gasteiger partial charge on any atom is -0.481 e. The van der Waals surface area contributed by atoms with Crippen LogP contribution in [-0.4, -0.2) is 41.8 Å². The van der Waals surface area contributed by atoms with Gasteiger partial charge in [0, 0.05) is 36.9 Å². The Morgan fingerprint density at radius 2 is 2.00 bits per heavy atom. The number of nitrogens with one attached hydrogen (secondary N) is 2. The number of para-hydroxylation sites is 1. The van der Waals surface area contributed by atoms with Crippen LogP contribution in [0.1, 0.15) is 31.4 Å². The molecule has 3 N–H and O–H groups in total. The molecule has 1 aliphatic rings. The summed E-state index contributed by atoms with van der Waals surface area (Å²) in [6.45, 7) is 2.75. The van der Waals surface area contributed by atoms with Crippen molar-refractivity contribution in [1.29, 1.82) is 0 Å². The number of hydrogen-bond donors (Lipinski definition) is 3. The number of ether oxygens (including phenoxy) is 1. The summed E-state index contributed by atoms with van der Waals surface area (Å²) in [4.78, 5) is 28.3. The van der Waals surface area contributed by atoms with Gasteiger partial charge in [-0.15, -0.1) is 0 Å². The normalized spacial score (nSPS) is 17.4. The van der Waals surface area contributed by atoms with Gasteiger partial charge in [-0.05, 0) is 25.8 Å². The third-order valence-corrected chi connectivity index (χ3v) is 4.97. The largest absolute Gasteiger partial charge is 0.481 e. The van der Waals surface area contributed by atoms with E-state index in [4.69, 9.17) is 4.74 Å². The van der Waals surface area contributed by atoms with Gasteiger partial charge < -0.3 is 20.5 Å². The van der Waals surface area contributed by atoms with E-state index in [2.05, 4.69) is 15.6 Å². The maximum absolute atomic E-state index is 12.3. The molecule has 0 spiro atoms. The van der Waals surface area contributed by atoms with Crippen molar-refractivity contribution in [1.82, 2.24) is 15.6 Å². The Kier molecular flexibility index (Phi) is 5.37.